The normalized spacial score (nSPS) is 10.2. The standard InChI is InChI=1S/C8H6BrN3O/c9-8-7(5-1-2-10-3-5)11-6(4-13)12-8/h1-4,10H,(H,11,12). The molecule has 0 spiro atoms. The van der Waals surface area contributed by atoms with E-state index in [4.69, 9.17) is 0 Å². The summed E-state index contributed by atoms with van der Waals surface area (Å²) in [6.07, 6.45) is 4.30. The number of aromatic nitrogens is 3. The van der Waals surface area contributed by atoms with Crippen molar-refractivity contribution < 1.29 is 4.79 Å². The van der Waals surface area contributed by atoms with Crippen LogP contribution >= 0.6 is 15.9 Å². The van der Waals surface area contributed by atoms with Crippen molar-refractivity contribution in [2.75, 3.05) is 0 Å². The Morgan fingerprint density at radius 2 is 2.38 bits per heavy atom. The molecule has 5 heteroatoms. The van der Waals surface area contributed by atoms with Crippen LogP contribution in [0.3, 0.4) is 0 Å². The molecule has 2 heterocycles. The van der Waals surface area contributed by atoms with Crippen molar-refractivity contribution in [1.82, 2.24) is 15.0 Å². The summed E-state index contributed by atoms with van der Waals surface area (Å²) in [5.74, 6) is 0.322. The van der Waals surface area contributed by atoms with Crippen molar-refractivity contribution in [3.05, 3.63) is 28.9 Å². The van der Waals surface area contributed by atoms with Crippen LogP contribution < -0.4 is 0 Å². The molecule has 0 saturated carbocycles. The van der Waals surface area contributed by atoms with Crippen molar-refractivity contribution >= 4 is 22.2 Å². The van der Waals surface area contributed by atoms with E-state index >= 15 is 0 Å². The number of H-pyrrole nitrogens is 2. The molecule has 2 rings (SSSR count). The Hall–Kier alpha value is -1.36. The Kier molecular flexibility index (Phi) is 2.02. The Morgan fingerprint density at radius 3 is 2.92 bits per heavy atom. The monoisotopic (exact) mass is 239 g/mol. The number of halogens is 1. The zero-order valence-corrected chi connectivity index (χ0v) is 8.13. The van der Waals surface area contributed by atoms with E-state index in [-0.39, 0.29) is 0 Å². The van der Waals surface area contributed by atoms with Gasteiger partial charge in [-0.15, -0.1) is 0 Å². The molecule has 13 heavy (non-hydrogen) atoms. The van der Waals surface area contributed by atoms with Gasteiger partial charge >= 0.3 is 0 Å². The molecule has 2 N–H and O–H groups in total. The first-order valence-corrected chi connectivity index (χ1v) is 4.44. The summed E-state index contributed by atoms with van der Waals surface area (Å²) in [6.45, 7) is 0. The minimum atomic E-state index is 0.322. The van der Waals surface area contributed by atoms with Gasteiger partial charge in [-0.25, -0.2) is 4.98 Å². The summed E-state index contributed by atoms with van der Waals surface area (Å²) in [4.78, 5) is 20.2. The molecule has 2 aromatic heterocycles. The summed E-state index contributed by atoms with van der Waals surface area (Å²) in [5.41, 5.74) is 1.68. The molecule has 0 unspecified atom stereocenters. The van der Waals surface area contributed by atoms with Crippen molar-refractivity contribution in [3.63, 3.8) is 0 Å². The van der Waals surface area contributed by atoms with Gasteiger partial charge in [-0.2, -0.15) is 0 Å². The minimum absolute atomic E-state index is 0.322. The Balaban J connectivity index is 2.52. The molecule has 0 bridgehead atoms. The maximum atomic E-state index is 10.4. The second-order valence-electron chi connectivity index (χ2n) is 2.50. The number of imidazole rings is 1. The van der Waals surface area contributed by atoms with Gasteiger partial charge in [0.25, 0.3) is 0 Å². The number of hydrogen-bond donors (Lipinski definition) is 2. The summed E-state index contributed by atoms with van der Waals surface area (Å²) < 4.78 is 0.717. The van der Waals surface area contributed by atoms with Gasteiger partial charge in [-0.1, -0.05) is 0 Å². The zero-order chi connectivity index (χ0) is 9.26. The summed E-state index contributed by atoms with van der Waals surface area (Å²) in [7, 11) is 0. The van der Waals surface area contributed by atoms with Crippen LogP contribution in [-0.2, 0) is 0 Å². The number of hydrogen-bond acceptors (Lipinski definition) is 2. The molecule has 2 aromatic rings. The largest absolute Gasteiger partial charge is 0.367 e. The highest BCUT2D eigenvalue weighted by molar-refractivity contribution is 9.10. The third kappa shape index (κ3) is 1.42. The molecule has 4 nitrogen and oxygen atoms in total. The average Bonchev–Trinajstić information content (AvgIpc) is 2.72. The SMILES string of the molecule is O=Cc1nc(-c2cc[nH]c2)c(Br)[nH]1. The van der Waals surface area contributed by atoms with Gasteiger partial charge in [-0.3, -0.25) is 4.79 Å². The predicted octanol–water partition coefficient (Wildman–Crippen LogP) is 1.98. The molecule has 0 aliphatic heterocycles. The van der Waals surface area contributed by atoms with Crippen LogP contribution in [0.5, 0.6) is 0 Å². The van der Waals surface area contributed by atoms with E-state index < -0.39 is 0 Å². The molecule has 0 atom stereocenters. The van der Waals surface area contributed by atoms with Crippen molar-refractivity contribution in [3.8, 4) is 11.3 Å². The maximum Gasteiger partial charge on any atom is 0.185 e. The lowest BCUT2D eigenvalue weighted by Crippen LogP contribution is -1.80. The van der Waals surface area contributed by atoms with Crippen LogP contribution in [0, 0.1) is 0 Å². The smallest absolute Gasteiger partial charge is 0.185 e. The highest BCUT2D eigenvalue weighted by atomic mass is 79.9. The lowest BCUT2D eigenvalue weighted by molar-refractivity contribution is 0.111. The Morgan fingerprint density at radius 1 is 1.54 bits per heavy atom. The number of rotatable bonds is 2. The van der Waals surface area contributed by atoms with Gasteiger partial charge in [0, 0.05) is 18.0 Å². The number of nitrogens with one attached hydrogen (secondary N) is 2. The summed E-state index contributed by atoms with van der Waals surface area (Å²) in [5, 5.41) is 0. The van der Waals surface area contributed by atoms with Crippen LogP contribution in [0.2, 0.25) is 0 Å². The molecule has 0 radical (unpaired) electrons. The van der Waals surface area contributed by atoms with Crippen molar-refractivity contribution in [2.45, 2.75) is 0 Å². The van der Waals surface area contributed by atoms with Crippen LogP contribution in [-0.4, -0.2) is 21.2 Å². The van der Waals surface area contributed by atoms with E-state index in [0.29, 0.717) is 16.7 Å². The first-order chi connectivity index (χ1) is 6.31. The Labute approximate surface area is 82.5 Å². The molecule has 0 aromatic carbocycles. The second kappa shape index (κ2) is 3.18. The number of nitrogens with zero attached hydrogens (tertiary/aromatic N) is 1. The highest BCUT2D eigenvalue weighted by Crippen LogP contribution is 2.24. The van der Waals surface area contributed by atoms with Crippen molar-refractivity contribution in [2.24, 2.45) is 0 Å². The molecule has 0 saturated heterocycles. The van der Waals surface area contributed by atoms with Crippen LogP contribution in [0.15, 0.2) is 23.1 Å². The van der Waals surface area contributed by atoms with E-state index in [1.165, 1.54) is 0 Å². The predicted molar refractivity (Wildman–Crippen MR) is 51.5 cm³/mol. The quantitative estimate of drug-likeness (QED) is 0.788. The number of carbonyl (C=O) groups is 1. The third-order valence-corrected chi connectivity index (χ3v) is 2.23. The molecule has 0 fully saturated rings. The average molecular weight is 240 g/mol. The highest BCUT2D eigenvalue weighted by Gasteiger charge is 2.09. The van der Waals surface area contributed by atoms with Gasteiger partial charge in [0.2, 0.25) is 0 Å². The van der Waals surface area contributed by atoms with E-state index in [2.05, 4.69) is 30.9 Å². The van der Waals surface area contributed by atoms with Crippen LogP contribution in [0.25, 0.3) is 11.3 Å². The fraction of sp³-hybridized carbons (Fsp3) is 0. The van der Waals surface area contributed by atoms with Crippen LogP contribution in [0.4, 0.5) is 0 Å². The molecular formula is C8H6BrN3O. The van der Waals surface area contributed by atoms with E-state index in [1.54, 1.807) is 6.20 Å². The first-order valence-electron chi connectivity index (χ1n) is 3.65. The van der Waals surface area contributed by atoms with Crippen LogP contribution in [0.1, 0.15) is 10.6 Å². The third-order valence-electron chi connectivity index (χ3n) is 1.66. The number of aldehydes is 1. The molecule has 0 amide bonds. The first kappa shape index (κ1) is 8.25. The molecule has 0 aliphatic carbocycles. The fourth-order valence-electron chi connectivity index (χ4n) is 1.09. The van der Waals surface area contributed by atoms with Gasteiger partial charge in [-0.05, 0) is 22.0 Å². The van der Waals surface area contributed by atoms with E-state index in [0.717, 1.165) is 11.3 Å². The van der Waals surface area contributed by atoms with Gasteiger partial charge in [0.15, 0.2) is 12.1 Å². The number of aromatic amines is 2. The van der Waals surface area contributed by atoms with Gasteiger partial charge in [0.1, 0.15) is 10.3 Å². The van der Waals surface area contributed by atoms with Crippen molar-refractivity contribution in [1.29, 1.82) is 0 Å². The Bertz CT molecular complexity index is 419. The second-order valence-corrected chi connectivity index (χ2v) is 3.30. The number of carbonyl (C=O) groups excluding carboxylic acids is 1. The summed E-state index contributed by atoms with van der Waals surface area (Å²) in [6, 6.07) is 1.88. The molecule has 66 valence electrons. The van der Waals surface area contributed by atoms with Gasteiger partial charge in [0.05, 0.1) is 0 Å². The lowest BCUT2D eigenvalue weighted by atomic mass is 10.3. The molecule has 0 aliphatic rings. The summed E-state index contributed by atoms with van der Waals surface area (Å²) >= 11 is 3.29. The van der Waals surface area contributed by atoms with E-state index in [1.807, 2.05) is 12.3 Å². The molecular weight excluding hydrogens is 234 g/mol. The topological polar surface area (TPSA) is 61.5 Å². The fourth-order valence-corrected chi connectivity index (χ4v) is 1.61. The minimum Gasteiger partial charge on any atom is -0.367 e. The lowest BCUT2D eigenvalue weighted by Gasteiger charge is -1.88. The maximum absolute atomic E-state index is 10.4. The van der Waals surface area contributed by atoms with E-state index in [9.17, 15) is 4.79 Å². The van der Waals surface area contributed by atoms with Gasteiger partial charge < -0.3 is 9.97 Å². The zero-order valence-electron chi connectivity index (χ0n) is 6.54.